The van der Waals surface area contributed by atoms with Gasteiger partial charge in [0, 0.05) is 0 Å². The van der Waals surface area contributed by atoms with E-state index in [2.05, 4.69) is 12.3 Å². The van der Waals surface area contributed by atoms with Gasteiger partial charge >= 0.3 is 0 Å². The van der Waals surface area contributed by atoms with Crippen molar-refractivity contribution in [2.24, 2.45) is 0 Å². The summed E-state index contributed by atoms with van der Waals surface area (Å²) in [5.41, 5.74) is 3.35. The highest BCUT2D eigenvalue weighted by Gasteiger charge is 2.12. The fraction of sp³-hybridized carbons (Fsp3) is 0.250. The fourth-order valence-corrected chi connectivity index (χ4v) is 1.75. The van der Waals surface area contributed by atoms with Gasteiger partial charge in [-0.05, 0) is 18.9 Å². The maximum absolute atomic E-state index is 11.4. The van der Waals surface area contributed by atoms with Crippen LogP contribution in [0.3, 0.4) is 0 Å². The van der Waals surface area contributed by atoms with Crippen molar-refractivity contribution in [3.8, 4) is 0 Å². The molecule has 0 spiro atoms. The minimum absolute atomic E-state index is 0.0144. The molecule has 0 aliphatic carbocycles. The van der Waals surface area contributed by atoms with Gasteiger partial charge < -0.3 is 0 Å². The number of hydrogen-bond acceptors (Lipinski definition) is 3. The van der Waals surface area contributed by atoms with Gasteiger partial charge in [-0.25, -0.2) is 0 Å². The first-order chi connectivity index (χ1) is 7.56. The predicted molar refractivity (Wildman–Crippen MR) is 63.3 cm³/mol. The SMILES string of the molecule is C=C=C(C)S(=O)(=O)OCCc1ccccc1. The third kappa shape index (κ3) is 3.66. The standard InChI is InChI=1S/C12H14O3S/c1-3-11(2)16(13,14)15-10-9-12-7-5-4-6-8-12/h4-8H,1,9-10H2,2H3. The molecule has 3 nitrogen and oxygen atoms in total. The smallest absolute Gasteiger partial charge is 0.266 e. The maximum Gasteiger partial charge on any atom is 0.300 e. The van der Waals surface area contributed by atoms with E-state index in [1.165, 1.54) is 6.92 Å². The van der Waals surface area contributed by atoms with Gasteiger partial charge in [-0.2, -0.15) is 8.42 Å². The lowest BCUT2D eigenvalue weighted by molar-refractivity contribution is 0.326. The molecule has 0 saturated carbocycles. The van der Waals surface area contributed by atoms with E-state index in [4.69, 9.17) is 4.18 Å². The monoisotopic (exact) mass is 238 g/mol. The molecule has 0 aromatic heterocycles. The number of hydrogen-bond donors (Lipinski definition) is 0. The summed E-state index contributed by atoms with van der Waals surface area (Å²) < 4.78 is 27.6. The van der Waals surface area contributed by atoms with Crippen LogP contribution in [0, 0.1) is 0 Å². The Hall–Kier alpha value is -1.35. The van der Waals surface area contributed by atoms with Gasteiger partial charge in [-0.15, -0.1) is 5.73 Å². The van der Waals surface area contributed by atoms with Gasteiger partial charge in [0.2, 0.25) is 0 Å². The van der Waals surface area contributed by atoms with Crippen molar-refractivity contribution >= 4 is 10.1 Å². The van der Waals surface area contributed by atoms with E-state index in [0.717, 1.165) is 5.56 Å². The Morgan fingerprint density at radius 1 is 1.38 bits per heavy atom. The average molecular weight is 238 g/mol. The summed E-state index contributed by atoms with van der Waals surface area (Å²) in [4.78, 5) is 0.0144. The third-order valence-corrected chi connectivity index (χ3v) is 3.47. The van der Waals surface area contributed by atoms with Crippen LogP contribution in [-0.2, 0) is 20.7 Å². The molecule has 0 N–H and O–H groups in total. The van der Waals surface area contributed by atoms with Crippen LogP contribution in [0.15, 0.2) is 47.5 Å². The fourth-order valence-electron chi connectivity index (χ4n) is 1.09. The van der Waals surface area contributed by atoms with Crippen LogP contribution in [0.1, 0.15) is 12.5 Å². The highest BCUT2D eigenvalue weighted by atomic mass is 32.2. The Kier molecular flexibility index (Phi) is 4.50. The molecule has 0 heterocycles. The number of allylic oxidation sites excluding steroid dienone is 1. The summed E-state index contributed by atoms with van der Waals surface area (Å²) in [5, 5.41) is 0. The van der Waals surface area contributed by atoms with E-state index < -0.39 is 10.1 Å². The van der Waals surface area contributed by atoms with Gasteiger partial charge in [0.15, 0.2) is 0 Å². The molecule has 0 unspecified atom stereocenters. The topological polar surface area (TPSA) is 43.4 Å². The number of rotatable bonds is 5. The quantitative estimate of drug-likeness (QED) is 0.584. The Morgan fingerprint density at radius 2 is 2.00 bits per heavy atom. The first kappa shape index (κ1) is 12.7. The molecule has 0 radical (unpaired) electrons. The zero-order chi connectivity index (χ0) is 12.0. The molecular formula is C12H14O3S. The van der Waals surface area contributed by atoms with Gasteiger partial charge in [-0.1, -0.05) is 36.9 Å². The lowest BCUT2D eigenvalue weighted by atomic mass is 10.2. The molecule has 1 rings (SSSR count). The minimum Gasteiger partial charge on any atom is -0.266 e. The highest BCUT2D eigenvalue weighted by Crippen LogP contribution is 2.07. The van der Waals surface area contributed by atoms with Crippen molar-refractivity contribution in [1.82, 2.24) is 0 Å². The minimum atomic E-state index is -3.64. The van der Waals surface area contributed by atoms with Crippen LogP contribution in [-0.4, -0.2) is 15.0 Å². The molecule has 0 aliphatic heterocycles. The van der Waals surface area contributed by atoms with Crippen LogP contribution in [0.2, 0.25) is 0 Å². The van der Waals surface area contributed by atoms with Crippen molar-refractivity contribution in [3.63, 3.8) is 0 Å². The normalized spacial score (nSPS) is 10.8. The first-order valence-corrected chi connectivity index (χ1v) is 6.27. The molecule has 0 amide bonds. The molecule has 16 heavy (non-hydrogen) atoms. The van der Waals surface area contributed by atoms with Gasteiger partial charge in [-0.3, -0.25) is 4.18 Å². The van der Waals surface area contributed by atoms with Crippen LogP contribution < -0.4 is 0 Å². The van der Waals surface area contributed by atoms with Crippen LogP contribution in [0.5, 0.6) is 0 Å². The van der Waals surface area contributed by atoms with Crippen molar-refractivity contribution in [2.45, 2.75) is 13.3 Å². The lowest BCUT2D eigenvalue weighted by Crippen LogP contribution is -2.09. The Bertz CT molecular complexity index is 482. The lowest BCUT2D eigenvalue weighted by Gasteiger charge is -2.04. The van der Waals surface area contributed by atoms with Gasteiger partial charge in [0.1, 0.15) is 4.91 Å². The van der Waals surface area contributed by atoms with E-state index in [0.29, 0.717) is 6.42 Å². The molecule has 0 bridgehead atoms. The molecule has 0 saturated heterocycles. The van der Waals surface area contributed by atoms with E-state index in [1.54, 1.807) is 0 Å². The summed E-state index contributed by atoms with van der Waals surface area (Å²) in [7, 11) is -3.64. The summed E-state index contributed by atoms with van der Waals surface area (Å²) in [5.74, 6) is 0. The predicted octanol–water partition coefficient (Wildman–Crippen LogP) is 2.26. The molecule has 0 aliphatic rings. The van der Waals surface area contributed by atoms with Crippen molar-refractivity contribution in [3.05, 3.63) is 53.1 Å². The number of benzene rings is 1. The van der Waals surface area contributed by atoms with Crippen LogP contribution >= 0.6 is 0 Å². The molecule has 0 fully saturated rings. The summed E-state index contributed by atoms with van der Waals surface area (Å²) in [6, 6.07) is 9.56. The van der Waals surface area contributed by atoms with E-state index in [9.17, 15) is 8.42 Å². The van der Waals surface area contributed by atoms with Crippen LogP contribution in [0.4, 0.5) is 0 Å². The van der Waals surface area contributed by atoms with Crippen molar-refractivity contribution < 1.29 is 12.6 Å². The van der Waals surface area contributed by atoms with E-state index in [1.807, 2.05) is 30.3 Å². The van der Waals surface area contributed by atoms with Gasteiger partial charge in [0.25, 0.3) is 10.1 Å². The summed E-state index contributed by atoms with van der Waals surface area (Å²) >= 11 is 0. The largest absolute Gasteiger partial charge is 0.300 e. The Morgan fingerprint density at radius 3 is 2.56 bits per heavy atom. The zero-order valence-electron chi connectivity index (χ0n) is 9.14. The van der Waals surface area contributed by atoms with Crippen LogP contribution in [0.25, 0.3) is 0 Å². The summed E-state index contributed by atoms with van der Waals surface area (Å²) in [6.07, 6.45) is 0.560. The second kappa shape index (κ2) is 5.66. The third-order valence-electron chi connectivity index (χ3n) is 2.10. The highest BCUT2D eigenvalue weighted by molar-refractivity contribution is 7.90. The second-order valence-corrected chi connectivity index (χ2v) is 5.00. The molecular weight excluding hydrogens is 224 g/mol. The van der Waals surface area contributed by atoms with Crippen molar-refractivity contribution in [2.75, 3.05) is 6.61 Å². The molecule has 0 atom stereocenters. The maximum atomic E-state index is 11.4. The molecule has 1 aromatic carbocycles. The Labute approximate surface area is 96.2 Å². The van der Waals surface area contributed by atoms with Crippen molar-refractivity contribution in [1.29, 1.82) is 0 Å². The second-order valence-electron chi connectivity index (χ2n) is 3.24. The molecule has 1 aromatic rings. The van der Waals surface area contributed by atoms with E-state index in [-0.39, 0.29) is 11.5 Å². The molecule has 4 heteroatoms. The zero-order valence-corrected chi connectivity index (χ0v) is 9.96. The van der Waals surface area contributed by atoms with Gasteiger partial charge in [0.05, 0.1) is 6.61 Å². The first-order valence-electron chi connectivity index (χ1n) is 4.86. The summed E-state index contributed by atoms with van der Waals surface area (Å²) in [6.45, 7) is 4.81. The average Bonchev–Trinajstić information content (AvgIpc) is 2.29. The van der Waals surface area contributed by atoms with E-state index >= 15 is 0 Å². The Balaban J connectivity index is 2.52. The molecule has 86 valence electrons.